The molecule has 5 rings (SSSR count). The van der Waals surface area contributed by atoms with E-state index in [4.69, 9.17) is 14.2 Å². The smallest absolute Gasteiger partial charge is 0.273 e. The molecule has 0 saturated carbocycles. The van der Waals surface area contributed by atoms with E-state index >= 15 is 0 Å². The predicted octanol–water partition coefficient (Wildman–Crippen LogP) is 5.55. The highest BCUT2D eigenvalue weighted by molar-refractivity contribution is 6.00. The third-order valence-electron chi connectivity index (χ3n) is 6.50. The third kappa shape index (κ3) is 4.17. The fourth-order valence-corrected chi connectivity index (χ4v) is 4.69. The number of H-pyrrole nitrogens is 1. The number of hydrogen-bond acceptors (Lipinski definition) is 5. The molecule has 7 heteroatoms. The molecule has 184 valence electrons. The largest absolute Gasteiger partial charge is 0.497 e. The second-order valence-electron chi connectivity index (χ2n) is 8.75. The SMILES string of the molecule is CCOc1ccc(C2c3c(-c4ccc(C)cc4)n[nH]c3C(=O)N2Cc2ccc(OC)cc2)cc1OC. The van der Waals surface area contributed by atoms with Crippen LogP contribution in [0.5, 0.6) is 17.2 Å². The zero-order valence-corrected chi connectivity index (χ0v) is 20.9. The van der Waals surface area contributed by atoms with Gasteiger partial charge < -0.3 is 19.1 Å². The van der Waals surface area contributed by atoms with Gasteiger partial charge in [0.15, 0.2) is 11.5 Å². The van der Waals surface area contributed by atoms with Gasteiger partial charge in [0.2, 0.25) is 0 Å². The molecule has 0 radical (unpaired) electrons. The van der Waals surface area contributed by atoms with E-state index in [9.17, 15) is 4.79 Å². The molecule has 0 aliphatic carbocycles. The molecule has 4 aromatic rings. The van der Waals surface area contributed by atoms with Gasteiger partial charge in [-0.1, -0.05) is 48.0 Å². The fraction of sp³-hybridized carbons (Fsp3) is 0.241. The Balaban J connectivity index is 1.62. The molecule has 1 aromatic heterocycles. The number of nitrogens with one attached hydrogen (secondary N) is 1. The average molecular weight is 484 g/mol. The van der Waals surface area contributed by atoms with Crippen LogP contribution >= 0.6 is 0 Å². The molecule has 1 aliphatic rings. The molecular weight excluding hydrogens is 454 g/mol. The van der Waals surface area contributed by atoms with Crippen molar-refractivity contribution in [1.82, 2.24) is 15.1 Å². The molecule has 1 amide bonds. The summed E-state index contributed by atoms with van der Waals surface area (Å²) in [5.41, 5.74) is 6.19. The number of hydrogen-bond donors (Lipinski definition) is 1. The van der Waals surface area contributed by atoms with Gasteiger partial charge >= 0.3 is 0 Å². The van der Waals surface area contributed by atoms with Crippen molar-refractivity contribution < 1.29 is 19.0 Å². The number of carbonyl (C=O) groups is 1. The second kappa shape index (κ2) is 9.77. The Morgan fingerprint density at radius 1 is 0.944 bits per heavy atom. The Hall–Kier alpha value is -4.26. The first-order valence-corrected chi connectivity index (χ1v) is 11.9. The minimum absolute atomic E-state index is 0.0930. The zero-order chi connectivity index (χ0) is 25.2. The van der Waals surface area contributed by atoms with E-state index in [-0.39, 0.29) is 11.9 Å². The zero-order valence-electron chi connectivity index (χ0n) is 20.9. The Labute approximate surface area is 210 Å². The topological polar surface area (TPSA) is 76.7 Å². The maximum atomic E-state index is 13.7. The Bertz CT molecular complexity index is 1380. The summed E-state index contributed by atoms with van der Waals surface area (Å²) in [6.45, 7) is 4.95. The summed E-state index contributed by atoms with van der Waals surface area (Å²) in [5.74, 6) is 1.97. The molecule has 0 bridgehead atoms. The van der Waals surface area contributed by atoms with E-state index in [1.54, 1.807) is 14.2 Å². The van der Waals surface area contributed by atoms with Crippen LogP contribution in [-0.2, 0) is 6.54 Å². The predicted molar refractivity (Wildman–Crippen MR) is 138 cm³/mol. The molecule has 0 spiro atoms. The molecule has 3 aromatic carbocycles. The van der Waals surface area contributed by atoms with Crippen LogP contribution in [0.15, 0.2) is 66.7 Å². The monoisotopic (exact) mass is 483 g/mol. The molecule has 36 heavy (non-hydrogen) atoms. The first-order chi connectivity index (χ1) is 17.5. The quantitative estimate of drug-likeness (QED) is 0.356. The standard InChI is InChI=1S/C29H29N3O4/c1-5-36-23-15-12-21(16-24(23)35-4)28-25-26(20-10-6-18(2)7-11-20)30-31-27(25)29(33)32(28)17-19-8-13-22(34-3)14-9-19/h6-16,28H,5,17H2,1-4H3,(H,30,31). The fourth-order valence-electron chi connectivity index (χ4n) is 4.69. The number of methoxy groups -OCH3 is 2. The number of aromatic nitrogens is 2. The highest BCUT2D eigenvalue weighted by Crippen LogP contribution is 2.45. The number of aryl methyl sites for hydroxylation is 1. The van der Waals surface area contributed by atoms with E-state index in [0.717, 1.165) is 39.3 Å². The van der Waals surface area contributed by atoms with Crippen LogP contribution < -0.4 is 14.2 Å². The van der Waals surface area contributed by atoms with E-state index in [0.29, 0.717) is 30.3 Å². The van der Waals surface area contributed by atoms with Gasteiger partial charge in [-0.25, -0.2) is 0 Å². The van der Waals surface area contributed by atoms with Crippen molar-refractivity contribution in [2.45, 2.75) is 26.4 Å². The summed E-state index contributed by atoms with van der Waals surface area (Å²) >= 11 is 0. The maximum Gasteiger partial charge on any atom is 0.273 e. The Kier molecular flexibility index (Phi) is 6.38. The molecule has 1 atom stereocenters. The van der Waals surface area contributed by atoms with E-state index in [1.165, 1.54) is 0 Å². The van der Waals surface area contributed by atoms with Crippen molar-refractivity contribution in [3.8, 4) is 28.5 Å². The summed E-state index contributed by atoms with van der Waals surface area (Å²) in [7, 11) is 3.26. The summed E-state index contributed by atoms with van der Waals surface area (Å²) in [6.07, 6.45) is 0. The van der Waals surface area contributed by atoms with Gasteiger partial charge in [0, 0.05) is 17.7 Å². The lowest BCUT2D eigenvalue weighted by atomic mass is 9.95. The minimum Gasteiger partial charge on any atom is -0.497 e. The average Bonchev–Trinajstić information content (AvgIpc) is 3.44. The van der Waals surface area contributed by atoms with Crippen LogP contribution in [0.4, 0.5) is 0 Å². The number of nitrogens with zero attached hydrogens (tertiary/aromatic N) is 2. The van der Waals surface area contributed by atoms with E-state index in [1.807, 2.05) is 73.3 Å². The summed E-state index contributed by atoms with van der Waals surface area (Å²) in [6, 6.07) is 21.4. The lowest BCUT2D eigenvalue weighted by molar-refractivity contribution is 0.0730. The number of rotatable bonds is 8. The van der Waals surface area contributed by atoms with Crippen molar-refractivity contribution in [1.29, 1.82) is 0 Å². The van der Waals surface area contributed by atoms with Crippen molar-refractivity contribution in [3.05, 3.63) is 94.7 Å². The molecule has 7 nitrogen and oxygen atoms in total. The number of fused-ring (bicyclic) bond motifs is 1. The van der Waals surface area contributed by atoms with Gasteiger partial charge in [-0.05, 0) is 49.2 Å². The molecular formula is C29H29N3O4. The summed E-state index contributed by atoms with van der Waals surface area (Å²) in [5, 5.41) is 7.60. The molecule has 0 saturated heterocycles. The van der Waals surface area contributed by atoms with E-state index in [2.05, 4.69) is 22.3 Å². The van der Waals surface area contributed by atoms with Gasteiger partial charge in [0.05, 0.1) is 32.6 Å². The van der Waals surface area contributed by atoms with Gasteiger partial charge in [-0.2, -0.15) is 5.10 Å². The lowest BCUT2D eigenvalue weighted by Crippen LogP contribution is -2.29. The van der Waals surface area contributed by atoms with Gasteiger partial charge in [-0.15, -0.1) is 0 Å². The van der Waals surface area contributed by atoms with Crippen molar-refractivity contribution in [2.24, 2.45) is 0 Å². The Morgan fingerprint density at radius 2 is 1.69 bits per heavy atom. The highest BCUT2D eigenvalue weighted by atomic mass is 16.5. The van der Waals surface area contributed by atoms with Gasteiger partial charge in [0.1, 0.15) is 11.4 Å². The number of amides is 1. The van der Waals surface area contributed by atoms with Gasteiger partial charge in [0.25, 0.3) is 5.91 Å². The minimum atomic E-state index is -0.353. The van der Waals surface area contributed by atoms with Crippen LogP contribution in [0.25, 0.3) is 11.3 Å². The van der Waals surface area contributed by atoms with Crippen molar-refractivity contribution in [2.75, 3.05) is 20.8 Å². The second-order valence-corrected chi connectivity index (χ2v) is 8.75. The maximum absolute atomic E-state index is 13.7. The molecule has 1 unspecified atom stereocenters. The number of benzene rings is 3. The lowest BCUT2D eigenvalue weighted by Gasteiger charge is -2.27. The van der Waals surface area contributed by atoms with Crippen molar-refractivity contribution in [3.63, 3.8) is 0 Å². The van der Waals surface area contributed by atoms with Crippen LogP contribution in [-0.4, -0.2) is 41.8 Å². The van der Waals surface area contributed by atoms with Crippen LogP contribution in [0.1, 0.15) is 45.7 Å². The normalized spacial score (nSPS) is 14.6. The van der Waals surface area contributed by atoms with Gasteiger partial charge in [-0.3, -0.25) is 9.89 Å². The molecule has 1 N–H and O–H groups in total. The third-order valence-corrected chi connectivity index (χ3v) is 6.50. The van der Waals surface area contributed by atoms with E-state index < -0.39 is 0 Å². The van der Waals surface area contributed by atoms with Crippen molar-refractivity contribution >= 4 is 5.91 Å². The molecule has 1 aliphatic heterocycles. The highest BCUT2D eigenvalue weighted by Gasteiger charge is 2.42. The summed E-state index contributed by atoms with van der Waals surface area (Å²) in [4.78, 5) is 15.6. The first kappa shape index (κ1) is 23.5. The molecule has 0 fully saturated rings. The number of ether oxygens (including phenoxy) is 3. The van der Waals surface area contributed by atoms with Crippen LogP contribution in [0, 0.1) is 6.92 Å². The van der Waals surface area contributed by atoms with Crippen LogP contribution in [0.3, 0.4) is 0 Å². The van der Waals surface area contributed by atoms with Crippen LogP contribution in [0.2, 0.25) is 0 Å². The first-order valence-electron chi connectivity index (χ1n) is 11.9. The Morgan fingerprint density at radius 3 is 2.36 bits per heavy atom. The number of aromatic amines is 1. The number of carbonyl (C=O) groups excluding carboxylic acids is 1. The summed E-state index contributed by atoms with van der Waals surface area (Å²) < 4.78 is 16.7. The molecule has 2 heterocycles.